The first-order valence-corrected chi connectivity index (χ1v) is 4.06. The van der Waals surface area contributed by atoms with Crippen LogP contribution in [0.3, 0.4) is 0 Å². The number of hydrogen-bond acceptors (Lipinski definition) is 2. The third-order valence-electron chi connectivity index (χ3n) is 2.15. The molecule has 0 bridgehead atoms. The van der Waals surface area contributed by atoms with Crippen molar-refractivity contribution in [1.29, 1.82) is 0 Å². The zero-order valence-corrected chi connectivity index (χ0v) is 6.79. The van der Waals surface area contributed by atoms with Crippen molar-refractivity contribution in [3.63, 3.8) is 0 Å². The van der Waals surface area contributed by atoms with E-state index >= 15 is 0 Å². The Kier molecular flexibility index (Phi) is 1.81. The Morgan fingerprint density at radius 2 is 2.33 bits per heavy atom. The Bertz CT molecular complexity index is 301. The molecule has 1 unspecified atom stereocenters. The summed E-state index contributed by atoms with van der Waals surface area (Å²) in [6.45, 7) is 0.669. The highest BCUT2D eigenvalue weighted by atomic mass is 16.5. The smallest absolute Gasteiger partial charge is 0.119 e. The molecule has 2 N–H and O–H groups in total. The predicted octanol–water partition coefficient (Wildman–Crippen LogP) is 0.263. The third-order valence-corrected chi connectivity index (χ3v) is 2.15. The molecule has 2 radical (unpaired) electrons. The summed E-state index contributed by atoms with van der Waals surface area (Å²) in [5.41, 5.74) is 7.59. The van der Waals surface area contributed by atoms with Crippen molar-refractivity contribution in [2.24, 2.45) is 5.73 Å². The fourth-order valence-electron chi connectivity index (χ4n) is 1.48. The SMILES string of the molecule is [B]c1cccc2c1OCCC2N. The average Bonchev–Trinajstić information content (AvgIpc) is 2.07. The van der Waals surface area contributed by atoms with Gasteiger partial charge in [-0.2, -0.15) is 0 Å². The summed E-state index contributed by atoms with van der Waals surface area (Å²) in [6.07, 6.45) is 0.871. The average molecular weight is 159 g/mol. The summed E-state index contributed by atoms with van der Waals surface area (Å²) in [7, 11) is 5.72. The standard InChI is InChI=1S/C9H10BNO/c10-7-3-1-2-6-8(11)4-5-12-9(6)7/h1-3,8H,4-5,11H2. The van der Waals surface area contributed by atoms with Crippen LogP contribution in [-0.4, -0.2) is 14.5 Å². The molecule has 12 heavy (non-hydrogen) atoms. The van der Waals surface area contributed by atoms with Crippen molar-refractivity contribution in [2.45, 2.75) is 12.5 Å². The lowest BCUT2D eigenvalue weighted by molar-refractivity contribution is 0.271. The van der Waals surface area contributed by atoms with Crippen LogP contribution in [0.25, 0.3) is 0 Å². The van der Waals surface area contributed by atoms with Gasteiger partial charge < -0.3 is 10.5 Å². The van der Waals surface area contributed by atoms with Crippen LogP contribution in [0.4, 0.5) is 0 Å². The molecule has 0 amide bonds. The lowest BCUT2D eigenvalue weighted by Crippen LogP contribution is -2.24. The Morgan fingerprint density at radius 1 is 1.50 bits per heavy atom. The second-order valence-corrected chi connectivity index (χ2v) is 3.01. The maximum absolute atomic E-state index is 5.88. The number of hydrogen-bond donors (Lipinski definition) is 1. The molecular weight excluding hydrogens is 149 g/mol. The molecule has 0 aliphatic carbocycles. The Morgan fingerprint density at radius 3 is 3.08 bits per heavy atom. The van der Waals surface area contributed by atoms with Crippen LogP contribution in [-0.2, 0) is 0 Å². The van der Waals surface area contributed by atoms with Crippen LogP contribution in [0.15, 0.2) is 18.2 Å². The second-order valence-electron chi connectivity index (χ2n) is 3.01. The quantitative estimate of drug-likeness (QED) is 0.551. The molecule has 1 atom stereocenters. The lowest BCUT2D eigenvalue weighted by atomic mass is 9.89. The Hall–Kier alpha value is -0.955. The fraction of sp³-hybridized carbons (Fsp3) is 0.333. The van der Waals surface area contributed by atoms with Gasteiger partial charge in [-0.25, -0.2) is 0 Å². The molecule has 0 fully saturated rings. The van der Waals surface area contributed by atoms with E-state index in [1.807, 2.05) is 18.2 Å². The van der Waals surface area contributed by atoms with E-state index in [2.05, 4.69) is 0 Å². The fourth-order valence-corrected chi connectivity index (χ4v) is 1.48. The third kappa shape index (κ3) is 1.10. The molecule has 60 valence electrons. The molecule has 0 saturated carbocycles. The molecule has 0 saturated heterocycles. The van der Waals surface area contributed by atoms with Crippen LogP contribution < -0.4 is 15.9 Å². The van der Waals surface area contributed by atoms with Crippen molar-refractivity contribution in [3.8, 4) is 5.75 Å². The van der Waals surface area contributed by atoms with Crippen LogP contribution in [0.5, 0.6) is 5.75 Å². The summed E-state index contributed by atoms with van der Waals surface area (Å²) >= 11 is 0. The Labute approximate surface area is 73.1 Å². The number of rotatable bonds is 0. The van der Waals surface area contributed by atoms with Crippen molar-refractivity contribution < 1.29 is 4.74 Å². The van der Waals surface area contributed by atoms with Crippen molar-refractivity contribution in [2.75, 3.05) is 6.61 Å². The zero-order valence-electron chi connectivity index (χ0n) is 6.79. The number of benzene rings is 1. The summed E-state index contributed by atoms with van der Waals surface area (Å²) in [4.78, 5) is 0. The first-order chi connectivity index (χ1) is 5.79. The second kappa shape index (κ2) is 2.83. The van der Waals surface area contributed by atoms with Crippen molar-refractivity contribution >= 4 is 13.3 Å². The Balaban J connectivity index is 2.52. The molecule has 1 aromatic rings. The van der Waals surface area contributed by atoms with E-state index in [1.54, 1.807) is 0 Å². The predicted molar refractivity (Wildman–Crippen MR) is 48.9 cm³/mol. The first kappa shape index (κ1) is 7.68. The number of ether oxygens (including phenoxy) is 1. The van der Waals surface area contributed by atoms with Crippen LogP contribution in [0.1, 0.15) is 18.0 Å². The number of para-hydroxylation sites is 1. The summed E-state index contributed by atoms with van der Waals surface area (Å²) in [5, 5.41) is 0. The van der Waals surface area contributed by atoms with E-state index < -0.39 is 0 Å². The van der Waals surface area contributed by atoms with Crippen molar-refractivity contribution in [1.82, 2.24) is 0 Å². The van der Waals surface area contributed by atoms with Crippen LogP contribution >= 0.6 is 0 Å². The molecule has 1 aromatic carbocycles. The van der Waals surface area contributed by atoms with Gasteiger partial charge in [-0.3, -0.25) is 0 Å². The minimum Gasteiger partial charge on any atom is -0.494 e. The van der Waals surface area contributed by atoms with Gasteiger partial charge >= 0.3 is 0 Å². The summed E-state index contributed by atoms with van der Waals surface area (Å²) in [6, 6.07) is 5.78. The minimum absolute atomic E-state index is 0.0808. The first-order valence-electron chi connectivity index (χ1n) is 4.06. The van der Waals surface area contributed by atoms with Gasteiger partial charge in [0, 0.05) is 18.0 Å². The molecular formula is C9H10BNO. The van der Waals surface area contributed by atoms with Gasteiger partial charge in [-0.05, 0) is 0 Å². The zero-order chi connectivity index (χ0) is 8.55. The molecule has 2 rings (SSSR count). The van der Waals surface area contributed by atoms with E-state index in [0.29, 0.717) is 12.1 Å². The molecule has 0 aromatic heterocycles. The molecule has 1 aliphatic heterocycles. The number of fused-ring (bicyclic) bond motifs is 1. The van der Waals surface area contributed by atoms with Gasteiger partial charge in [-0.1, -0.05) is 23.7 Å². The maximum Gasteiger partial charge on any atom is 0.119 e. The van der Waals surface area contributed by atoms with Gasteiger partial charge in [0.1, 0.15) is 13.6 Å². The van der Waals surface area contributed by atoms with E-state index in [-0.39, 0.29) is 6.04 Å². The molecule has 1 aliphatic rings. The topological polar surface area (TPSA) is 35.2 Å². The monoisotopic (exact) mass is 159 g/mol. The van der Waals surface area contributed by atoms with Gasteiger partial charge in [0.2, 0.25) is 0 Å². The van der Waals surface area contributed by atoms with Gasteiger partial charge in [0.15, 0.2) is 0 Å². The maximum atomic E-state index is 5.88. The largest absolute Gasteiger partial charge is 0.494 e. The van der Waals surface area contributed by atoms with E-state index in [9.17, 15) is 0 Å². The van der Waals surface area contributed by atoms with Gasteiger partial charge in [0.25, 0.3) is 0 Å². The summed E-state index contributed by atoms with van der Waals surface area (Å²) in [5.74, 6) is 0.774. The highest BCUT2D eigenvalue weighted by Gasteiger charge is 2.18. The van der Waals surface area contributed by atoms with E-state index in [0.717, 1.165) is 17.7 Å². The number of nitrogens with two attached hydrogens (primary N) is 1. The molecule has 0 spiro atoms. The van der Waals surface area contributed by atoms with Crippen molar-refractivity contribution in [3.05, 3.63) is 23.8 Å². The molecule has 2 nitrogen and oxygen atoms in total. The normalized spacial score (nSPS) is 21.2. The van der Waals surface area contributed by atoms with Gasteiger partial charge in [0.05, 0.1) is 6.61 Å². The highest BCUT2D eigenvalue weighted by Crippen LogP contribution is 2.27. The van der Waals surface area contributed by atoms with E-state index in [4.69, 9.17) is 18.3 Å². The minimum atomic E-state index is 0.0808. The lowest BCUT2D eigenvalue weighted by Gasteiger charge is -2.24. The summed E-state index contributed by atoms with van der Waals surface area (Å²) < 4.78 is 5.42. The highest BCUT2D eigenvalue weighted by molar-refractivity contribution is 6.34. The molecule has 1 heterocycles. The molecule has 3 heteroatoms. The van der Waals surface area contributed by atoms with E-state index in [1.165, 1.54) is 0 Å². The van der Waals surface area contributed by atoms with Crippen LogP contribution in [0, 0.1) is 0 Å². The van der Waals surface area contributed by atoms with Gasteiger partial charge in [-0.15, -0.1) is 0 Å². The van der Waals surface area contributed by atoms with Crippen LogP contribution in [0.2, 0.25) is 0 Å².